The fourth-order valence-electron chi connectivity index (χ4n) is 8.66. The van der Waals surface area contributed by atoms with E-state index in [2.05, 4.69) is 140 Å². The fourth-order valence-corrected chi connectivity index (χ4v) is 8.66. The molecule has 4 nitrogen and oxygen atoms in total. The SMILES string of the molecule is CC1(C)c2ccccc2-c2ccc(N(c3ccccc3-c3ccc4ccccc4c3)c3c4nc(-c5ccccc5)oc4cc4oc5ccccc5c34)cc21. The van der Waals surface area contributed by atoms with Crippen LogP contribution in [0, 0.1) is 0 Å². The van der Waals surface area contributed by atoms with Crippen molar-refractivity contribution in [3.05, 3.63) is 181 Å². The topological polar surface area (TPSA) is 42.4 Å². The molecule has 11 rings (SSSR count). The number of oxazole rings is 1. The highest BCUT2D eigenvalue weighted by Gasteiger charge is 2.36. The average molecular weight is 695 g/mol. The van der Waals surface area contributed by atoms with E-state index in [-0.39, 0.29) is 5.41 Å². The minimum atomic E-state index is -0.191. The van der Waals surface area contributed by atoms with Gasteiger partial charge in [-0.25, -0.2) is 4.98 Å². The number of fused-ring (bicyclic) bond motifs is 8. The molecular weight excluding hydrogens is 661 g/mol. The lowest BCUT2D eigenvalue weighted by molar-refractivity contribution is 0.617. The third-order valence-corrected chi connectivity index (χ3v) is 11.3. The predicted octanol–water partition coefficient (Wildman–Crippen LogP) is 14.0. The van der Waals surface area contributed by atoms with Gasteiger partial charge in [-0.3, -0.25) is 0 Å². The largest absolute Gasteiger partial charge is 0.456 e. The van der Waals surface area contributed by atoms with Crippen molar-refractivity contribution in [3.8, 4) is 33.7 Å². The molecule has 0 spiro atoms. The summed E-state index contributed by atoms with van der Waals surface area (Å²) in [6.07, 6.45) is 0. The van der Waals surface area contributed by atoms with Gasteiger partial charge in [-0.05, 0) is 81.1 Å². The van der Waals surface area contributed by atoms with Crippen LogP contribution in [-0.2, 0) is 5.41 Å². The number of nitrogens with zero attached hydrogens (tertiary/aromatic N) is 2. The van der Waals surface area contributed by atoms with E-state index in [1.165, 1.54) is 33.0 Å². The van der Waals surface area contributed by atoms with Crippen molar-refractivity contribution in [1.82, 2.24) is 4.98 Å². The number of furan rings is 1. The molecule has 256 valence electrons. The van der Waals surface area contributed by atoms with Gasteiger partial charge in [0.2, 0.25) is 5.89 Å². The van der Waals surface area contributed by atoms with Crippen molar-refractivity contribution >= 4 is 60.9 Å². The Bertz CT molecular complexity index is 3100. The van der Waals surface area contributed by atoms with Crippen molar-refractivity contribution in [1.29, 1.82) is 0 Å². The van der Waals surface area contributed by atoms with Crippen molar-refractivity contribution < 1.29 is 8.83 Å². The van der Waals surface area contributed by atoms with Gasteiger partial charge >= 0.3 is 0 Å². The Labute approximate surface area is 312 Å². The first kappa shape index (κ1) is 30.7. The number of hydrogen-bond donors (Lipinski definition) is 0. The monoisotopic (exact) mass is 694 g/mol. The lowest BCUT2D eigenvalue weighted by Crippen LogP contribution is -2.17. The van der Waals surface area contributed by atoms with E-state index in [9.17, 15) is 0 Å². The Morgan fingerprint density at radius 2 is 1.22 bits per heavy atom. The Kier molecular flexibility index (Phi) is 6.56. The van der Waals surface area contributed by atoms with Gasteiger partial charge in [0.15, 0.2) is 5.58 Å². The summed E-state index contributed by atoms with van der Waals surface area (Å²) in [6.45, 7) is 4.67. The normalized spacial score (nSPS) is 13.1. The molecule has 0 bridgehead atoms. The number of hydrogen-bond acceptors (Lipinski definition) is 4. The molecule has 0 saturated heterocycles. The number of aromatic nitrogens is 1. The summed E-state index contributed by atoms with van der Waals surface area (Å²) >= 11 is 0. The molecule has 0 radical (unpaired) electrons. The van der Waals surface area contributed by atoms with Crippen LogP contribution in [-0.4, -0.2) is 4.98 Å². The standard InChI is InChI=1S/C50H34N2O2/c1-50(2)40-21-11-8-19-37(40)38-27-26-35(29-41(38)50)52(42-22-12-9-18-36(42)34-25-24-31-14-6-7-17-33(31)28-34)48-46-39-20-10-13-23-43(39)53-44(46)30-45-47(48)51-49(54-45)32-15-4-3-5-16-32/h3-30H,1-2H3. The van der Waals surface area contributed by atoms with Crippen molar-refractivity contribution in [2.24, 2.45) is 0 Å². The third kappa shape index (κ3) is 4.53. The molecular formula is C50H34N2O2. The zero-order valence-corrected chi connectivity index (χ0v) is 29.9. The summed E-state index contributed by atoms with van der Waals surface area (Å²) in [5, 5.41) is 4.42. The summed E-state index contributed by atoms with van der Waals surface area (Å²) in [5.74, 6) is 0.567. The zero-order valence-electron chi connectivity index (χ0n) is 29.9. The first-order valence-corrected chi connectivity index (χ1v) is 18.5. The van der Waals surface area contributed by atoms with Gasteiger partial charge in [-0.15, -0.1) is 0 Å². The van der Waals surface area contributed by atoms with E-state index in [4.69, 9.17) is 13.8 Å². The quantitative estimate of drug-likeness (QED) is 0.180. The van der Waals surface area contributed by atoms with Gasteiger partial charge in [0, 0.05) is 33.7 Å². The number of benzene rings is 8. The number of anilines is 3. The van der Waals surface area contributed by atoms with Crippen molar-refractivity contribution in [3.63, 3.8) is 0 Å². The highest BCUT2D eigenvalue weighted by molar-refractivity contribution is 6.21. The average Bonchev–Trinajstić information content (AvgIpc) is 3.88. The second kappa shape index (κ2) is 11.5. The van der Waals surface area contributed by atoms with Crippen LogP contribution in [0.25, 0.3) is 77.5 Å². The van der Waals surface area contributed by atoms with E-state index in [0.717, 1.165) is 61.2 Å². The third-order valence-electron chi connectivity index (χ3n) is 11.3. The lowest BCUT2D eigenvalue weighted by atomic mass is 9.82. The second-order valence-corrected chi connectivity index (χ2v) is 14.7. The van der Waals surface area contributed by atoms with Crippen molar-refractivity contribution in [2.45, 2.75) is 19.3 Å². The van der Waals surface area contributed by atoms with Gasteiger partial charge in [-0.2, -0.15) is 0 Å². The molecule has 0 unspecified atom stereocenters. The van der Waals surface area contributed by atoms with Gasteiger partial charge in [0.05, 0.1) is 16.8 Å². The van der Waals surface area contributed by atoms with Crippen LogP contribution in [0.5, 0.6) is 0 Å². The molecule has 2 heterocycles. The molecule has 1 aliphatic carbocycles. The van der Waals surface area contributed by atoms with Gasteiger partial charge < -0.3 is 13.7 Å². The Morgan fingerprint density at radius 1 is 0.500 bits per heavy atom. The first-order valence-electron chi connectivity index (χ1n) is 18.5. The van der Waals surface area contributed by atoms with Gasteiger partial charge in [0.1, 0.15) is 16.7 Å². The van der Waals surface area contributed by atoms with Crippen LogP contribution in [0.3, 0.4) is 0 Å². The molecule has 0 aliphatic heterocycles. The fraction of sp³-hybridized carbons (Fsp3) is 0.0600. The van der Waals surface area contributed by atoms with E-state index in [0.29, 0.717) is 11.5 Å². The Balaban J connectivity index is 1.26. The molecule has 0 saturated carbocycles. The maximum Gasteiger partial charge on any atom is 0.227 e. The highest BCUT2D eigenvalue weighted by atomic mass is 16.4. The molecule has 0 atom stereocenters. The lowest BCUT2D eigenvalue weighted by Gasteiger charge is -2.30. The van der Waals surface area contributed by atoms with E-state index in [1.54, 1.807) is 0 Å². The Morgan fingerprint density at radius 3 is 2.11 bits per heavy atom. The van der Waals surface area contributed by atoms with Crippen LogP contribution in [0.2, 0.25) is 0 Å². The zero-order chi connectivity index (χ0) is 36.0. The first-order chi connectivity index (χ1) is 26.5. The minimum Gasteiger partial charge on any atom is -0.456 e. The molecule has 10 aromatic rings. The second-order valence-electron chi connectivity index (χ2n) is 14.7. The molecule has 2 aromatic heterocycles. The number of rotatable bonds is 5. The van der Waals surface area contributed by atoms with Gasteiger partial charge in [0.25, 0.3) is 0 Å². The highest BCUT2D eigenvalue weighted by Crippen LogP contribution is 2.53. The van der Waals surface area contributed by atoms with Crippen LogP contribution in [0.15, 0.2) is 179 Å². The van der Waals surface area contributed by atoms with E-state index >= 15 is 0 Å². The summed E-state index contributed by atoms with van der Waals surface area (Å²) in [5.41, 5.74) is 14.1. The van der Waals surface area contributed by atoms with Crippen LogP contribution in [0.4, 0.5) is 17.1 Å². The Hall–Kier alpha value is -6.91. The van der Waals surface area contributed by atoms with Crippen LogP contribution < -0.4 is 4.90 Å². The molecule has 0 fully saturated rings. The molecule has 8 aromatic carbocycles. The predicted molar refractivity (Wildman–Crippen MR) is 222 cm³/mol. The summed E-state index contributed by atoms with van der Waals surface area (Å²) < 4.78 is 13.3. The summed E-state index contributed by atoms with van der Waals surface area (Å²) in [4.78, 5) is 7.71. The minimum absolute atomic E-state index is 0.191. The van der Waals surface area contributed by atoms with Crippen molar-refractivity contribution in [2.75, 3.05) is 4.90 Å². The molecule has 0 amide bonds. The van der Waals surface area contributed by atoms with Crippen LogP contribution in [0.1, 0.15) is 25.0 Å². The molecule has 4 heteroatoms. The van der Waals surface area contributed by atoms with E-state index < -0.39 is 0 Å². The maximum atomic E-state index is 6.64. The number of para-hydroxylation sites is 2. The van der Waals surface area contributed by atoms with E-state index in [1.807, 2.05) is 48.5 Å². The molecule has 1 aliphatic rings. The maximum absolute atomic E-state index is 6.64. The molecule has 54 heavy (non-hydrogen) atoms. The summed E-state index contributed by atoms with van der Waals surface area (Å²) in [7, 11) is 0. The van der Waals surface area contributed by atoms with Gasteiger partial charge in [-0.1, -0.05) is 135 Å². The summed E-state index contributed by atoms with van der Waals surface area (Å²) in [6, 6.07) is 60.1. The smallest absolute Gasteiger partial charge is 0.227 e. The van der Waals surface area contributed by atoms with Crippen LogP contribution >= 0.6 is 0 Å². The molecule has 0 N–H and O–H groups in total.